The van der Waals surface area contributed by atoms with Gasteiger partial charge in [0.2, 0.25) is 0 Å². The van der Waals surface area contributed by atoms with E-state index < -0.39 is 0 Å². The Balaban J connectivity index is 1.16. The number of aromatic nitrogens is 2. The van der Waals surface area contributed by atoms with E-state index in [2.05, 4.69) is 27.0 Å². The number of rotatable bonds is 3. The van der Waals surface area contributed by atoms with Crippen molar-refractivity contribution in [3.05, 3.63) is 56.6 Å². The maximum atomic E-state index is 12.5. The van der Waals surface area contributed by atoms with Crippen LogP contribution in [0.15, 0.2) is 39.8 Å². The molecule has 0 unspecified atom stereocenters. The highest BCUT2D eigenvalue weighted by molar-refractivity contribution is 7.08. The highest BCUT2D eigenvalue weighted by Gasteiger charge is 2.30. The molecule has 0 radical (unpaired) electrons. The molecule has 7 heteroatoms. The first-order valence-corrected chi connectivity index (χ1v) is 11.4. The Labute approximate surface area is 173 Å². The highest BCUT2D eigenvalue weighted by Crippen LogP contribution is 2.31. The maximum Gasteiger partial charge on any atom is 0.323 e. The van der Waals surface area contributed by atoms with E-state index in [0.29, 0.717) is 12.0 Å². The van der Waals surface area contributed by atoms with Crippen molar-refractivity contribution in [2.75, 3.05) is 26.2 Å². The average Bonchev–Trinajstić information content (AvgIpc) is 3.42. The minimum atomic E-state index is -0.143. The van der Waals surface area contributed by atoms with Crippen LogP contribution in [0, 0.1) is 0 Å². The third-order valence-corrected chi connectivity index (χ3v) is 7.26. The van der Waals surface area contributed by atoms with Gasteiger partial charge in [-0.3, -0.25) is 4.79 Å². The van der Waals surface area contributed by atoms with Gasteiger partial charge in [-0.15, -0.1) is 0 Å². The van der Waals surface area contributed by atoms with Gasteiger partial charge >= 0.3 is 5.69 Å². The lowest BCUT2D eigenvalue weighted by molar-refractivity contribution is 0.0578. The number of nitrogens with zero attached hydrogens (tertiary/aromatic N) is 2. The lowest BCUT2D eigenvalue weighted by atomic mass is 9.88. The van der Waals surface area contributed by atoms with Gasteiger partial charge in [-0.1, -0.05) is 6.07 Å². The molecule has 2 aromatic heterocycles. The lowest BCUT2D eigenvalue weighted by Crippen LogP contribution is -2.48. The molecule has 1 aromatic carbocycles. The van der Waals surface area contributed by atoms with Crippen LogP contribution in [-0.4, -0.2) is 57.9 Å². The molecule has 2 N–H and O–H groups in total. The quantitative estimate of drug-likeness (QED) is 0.695. The number of benzene rings is 1. The van der Waals surface area contributed by atoms with Crippen LogP contribution in [0.4, 0.5) is 0 Å². The minimum Gasteiger partial charge on any atom is -0.339 e. The molecule has 2 aliphatic heterocycles. The summed E-state index contributed by atoms with van der Waals surface area (Å²) in [6.07, 6.45) is 4.43. The van der Waals surface area contributed by atoms with E-state index in [1.165, 1.54) is 5.56 Å². The number of carbonyl (C=O) groups excluding carboxylic acids is 1. The number of amides is 1. The molecule has 2 fully saturated rings. The SMILES string of the molecule is O=C(c1ccsc1)N1CCC(N2CCC(c3ccc4[nH]c(=O)[nH]c4c3)CC2)CC1. The van der Waals surface area contributed by atoms with E-state index in [4.69, 9.17) is 0 Å². The zero-order valence-corrected chi connectivity index (χ0v) is 17.2. The zero-order chi connectivity index (χ0) is 19.8. The number of aromatic amines is 2. The molecule has 2 aliphatic rings. The lowest BCUT2D eigenvalue weighted by Gasteiger charge is -2.42. The van der Waals surface area contributed by atoms with Gasteiger partial charge in [0, 0.05) is 24.5 Å². The zero-order valence-electron chi connectivity index (χ0n) is 16.4. The summed E-state index contributed by atoms with van der Waals surface area (Å²) in [4.78, 5) is 34.3. The van der Waals surface area contributed by atoms with Crippen LogP contribution in [-0.2, 0) is 0 Å². The molecule has 0 atom stereocenters. The van der Waals surface area contributed by atoms with Crippen molar-refractivity contribution in [1.29, 1.82) is 0 Å². The molecule has 2 saturated heterocycles. The van der Waals surface area contributed by atoms with Crippen molar-refractivity contribution < 1.29 is 4.79 Å². The van der Waals surface area contributed by atoms with Gasteiger partial charge in [0.1, 0.15) is 0 Å². The Kier molecular flexibility index (Phi) is 5.01. The standard InChI is InChI=1S/C22H26N4O2S/c27-21(17-7-12-29-14-17)26-10-5-18(6-11-26)25-8-3-15(4-9-25)16-1-2-19-20(13-16)24-22(28)23-19/h1-2,7,12-15,18H,3-6,8-11H2,(H2,23,24,28). The van der Waals surface area contributed by atoms with Gasteiger partial charge in [0.15, 0.2) is 0 Å². The number of carbonyl (C=O) groups is 1. The van der Waals surface area contributed by atoms with Crippen LogP contribution in [0.3, 0.4) is 0 Å². The number of H-pyrrole nitrogens is 2. The van der Waals surface area contributed by atoms with Gasteiger partial charge in [-0.05, 0) is 73.8 Å². The first-order valence-electron chi connectivity index (χ1n) is 10.4. The van der Waals surface area contributed by atoms with Crippen molar-refractivity contribution in [3.8, 4) is 0 Å². The number of hydrogen-bond acceptors (Lipinski definition) is 4. The van der Waals surface area contributed by atoms with Crippen molar-refractivity contribution in [2.24, 2.45) is 0 Å². The van der Waals surface area contributed by atoms with Gasteiger partial charge in [-0.25, -0.2) is 4.79 Å². The topological polar surface area (TPSA) is 72.2 Å². The Hall–Kier alpha value is -2.38. The Morgan fingerprint density at radius 1 is 0.966 bits per heavy atom. The van der Waals surface area contributed by atoms with E-state index in [1.807, 2.05) is 27.8 Å². The van der Waals surface area contributed by atoms with E-state index in [-0.39, 0.29) is 11.6 Å². The van der Waals surface area contributed by atoms with Crippen molar-refractivity contribution in [1.82, 2.24) is 19.8 Å². The fraction of sp³-hybridized carbons (Fsp3) is 0.455. The summed E-state index contributed by atoms with van der Waals surface area (Å²) in [5.74, 6) is 0.732. The second-order valence-electron chi connectivity index (χ2n) is 8.23. The largest absolute Gasteiger partial charge is 0.339 e. The summed E-state index contributed by atoms with van der Waals surface area (Å²) in [6.45, 7) is 3.93. The summed E-state index contributed by atoms with van der Waals surface area (Å²) in [6, 6.07) is 8.80. The number of imidazole rings is 1. The Bertz CT molecular complexity index is 1040. The second kappa shape index (κ2) is 7.80. The number of thiophene rings is 1. The van der Waals surface area contributed by atoms with E-state index >= 15 is 0 Å². The first-order chi connectivity index (χ1) is 14.2. The minimum absolute atomic E-state index is 0.143. The van der Waals surface area contributed by atoms with E-state index in [1.54, 1.807) is 11.3 Å². The molecule has 0 spiro atoms. The summed E-state index contributed by atoms with van der Waals surface area (Å²) in [5.41, 5.74) is 3.78. The number of nitrogens with one attached hydrogen (secondary N) is 2. The van der Waals surface area contributed by atoms with Crippen LogP contribution in [0.1, 0.15) is 47.5 Å². The Morgan fingerprint density at radius 3 is 2.45 bits per heavy atom. The molecule has 0 bridgehead atoms. The number of fused-ring (bicyclic) bond motifs is 1. The smallest absolute Gasteiger partial charge is 0.323 e. The third-order valence-electron chi connectivity index (χ3n) is 6.58. The number of piperidine rings is 2. The predicted molar refractivity (Wildman–Crippen MR) is 116 cm³/mol. The van der Waals surface area contributed by atoms with E-state index in [9.17, 15) is 9.59 Å². The van der Waals surface area contributed by atoms with Crippen LogP contribution in [0.25, 0.3) is 11.0 Å². The highest BCUT2D eigenvalue weighted by atomic mass is 32.1. The fourth-order valence-corrected chi connectivity index (χ4v) is 5.53. The molecular weight excluding hydrogens is 384 g/mol. The molecule has 1 amide bonds. The molecular formula is C22H26N4O2S. The molecule has 29 heavy (non-hydrogen) atoms. The molecule has 0 aliphatic carbocycles. The van der Waals surface area contributed by atoms with Crippen LogP contribution in [0.2, 0.25) is 0 Å². The first kappa shape index (κ1) is 18.6. The van der Waals surface area contributed by atoms with Crippen molar-refractivity contribution in [2.45, 2.75) is 37.6 Å². The van der Waals surface area contributed by atoms with Gasteiger partial charge in [0.05, 0.1) is 16.6 Å². The molecule has 5 rings (SSSR count). The van der Waals surface area contributed by atoms with Crippen LogP contribution in [0.5, 0.6) is 0 Å². The molecule has 3 aromatic rings. The maximum absolute atomic E-state index is 12.5. The van der Waals surface area contributed by atoms with E-state index in [0.717, 1.165) is 68.5 Å². The number of likely N-dealkylation sites (tertiary alicyclic amines) is 2. The Morgan fingerprint density at radius 2 is 1.72 bits per heavy atom. The summed E-state index contributed by atoms with van der Waals surface area (Å²) in [7, 11) is 0. The van der Waals surface area contributed by atoms with Crippen molar-refractivity contribution in [3.63, 3.8) is 0 Å². The fourth-order valence-electron chi connectivity index (χ4n) is 4.90. The predicted octanol–water partition coefficient (Wildman–Crippen LogP) is 3.40. The van der Waals surface area contributed by atoms with Gasteiger partial charge < -0.3 is 19.8 Å². The molecule has 4 heterocycles. The number of hydrogen-bond donors (Lipinski definition) is 2. The van der Waals surface area contributed by atoms with Crippen LogP contribution < -0.4 is 5.69 Å². The summed E-state index contributed by atoms with van der Waals surface area (Å²) in [5, 5.41) is 3.91. The van der Waals surface area contributed by atoms with Gasteiger partial charge in [-0.2, -0.15) is 11.3 Å². The molecule has 152 valence electrons. The normalized spacial score (nSPS) is 19.8. The average molecular weight is 411 g/mol. The summed E-state index contributed by atoms with van der Waals surface area (Å²) >= 11 is 1.58. The molecule has 6 nitrogen and oxygen atoms in total. The van der Waals surface area contributed by atoms with Crippen molar-refractivity contribution >= 4 is 28.3 Å². The van der Waals surface area contributed by atoms with Crippen LogP contribution >= 0.6 is 11.3 Å². The summed E-state index contributed by atoms with van der Waals surface area (Å²) < 4.78 is 0. The van der Waals surface area contributed by atoms with Gasteiger partial charge in [0.25, 0.3) is 5.91 Å². The second-order valence-corrected chi connectivity index (χ2v) is 9.01. The third kappa shape index (κ3) is 3.76. The molecule has 0 saturated carbocycles. The monoisotopic (exact) mass is 410 g/mol.